The van der Waals surface area contributed by atoms with E-state index in [9.17, 15) is 9.18 Å². The fourth-order valence-corrected chi connectivity index (χ4v) is 0.939. The molecule has 0 aliphatic carbocycles. The molecule has 4 heteroatoms. The average molecular weight is 169 g/mol. The van der Waals surface area contributed by atoms with Gasteiger partial charge >= 0.3 is 0 Å². The summed E-state index contributed by atoms with van der Waals surface area (Å²) in [6, 6.07) is 2.46. The summed E-state index contributed by atoms with van der Waals surface area (Å²) in [5.41, 5.74) is 5.63. The first-order chi connectivity index (χ1) is 5.69. The van der Waals surface area contributed by atoms with Gasteiger partial charge in [-0.2, -0.15) is 0 Å². The van der Waals surface area contributed by atoms with Gasteiger partial charge in [0.05, 0.1) is 12.7 Å². The summed E-state index contributed by atoms with van der Waals surface area (Å²) >= 11 is 0. The molecule has 0 aliphatic heterocycles. The molecule has 2 N–H and O–H groups in total. The number of aldehydes is 1. The molecular formula is C8H8FNO2. The molecule has 0 saturated heterocycles. The Labute approximate surface area is 68.9 Å². The number of carbonyl (C=O) groups is 1. The molecule has 0 saturated carbocycles. The van der Waals surface area contributed by atoms with E-state index >= 15 is 0 Å². The van der Waals surface area contributed by atoms with E-state index in [0.29, 0.717) is 6.29 Å². The van der Waals surface area contributed by atoms with E-state index < -0.39 is 5.82 Å². The van der Waals surface area contributed by atoms with Crippen molar-refractivity contribution in [3.8, 4) is 5.75 Å². The second kappa shape index (κ2) is 3.21. The number of halogens is 1. The number of nitrogens with two attached hydrogens (primary N) is 1. The van der Waals surface area contributed by atoms with Gasteiger partial charge in [-0.05, 0) is 6.07 Å². The molecule has 0 radical (unpaired) electrons. The van der Waals surface area contributed by atoms with Gasteiger partial charge in [0.15, 0.2) is 17.9 Å². The third kappa shape index (κ3) is 1.37. The summed E-state index contributed by atoms with van der Waals surface area (Å²) in [6.45, 7) is 0. The maximum absolute atomic E-state index is 12.9. The van der Waals surface area contributed by atoms with E-state index in [1.54, 1.807) is 0 Å². The van der Waals surface area contributed by atoms with Crippen molar-refractivity contribution < 1.29 is 13.9 Å². The van der Waals surface area contributed by atoms with Crippen molar-refractivity contribution in [1.29, 1.82) is 0 Å². The van der Waals surface area contributed by atoms with Crippen LogP contribution >= 0.6 is 0 Å². The van der Waals surface area contributed by atoms with Gasteiger partial charge in [-0.25, -0.2) is 4.39 Å². The Kier molecular flexibility index (Phi) is 2.28. The fourth-order valence-electron chi connectivity index (χ4n) is 0.939. The second-order valence-electron chi connectivity index (χ2n) is 2.24. The molecular weight excluding hydrogens is 161 g/mol. The first-order valence-electron chi connectivity index (χ1n) is 3.27. The minimum absolute atomic E-state index is 0.0702. The lowest BCUT2D eigenvalue weighted by atomic mass is 10.2. The molecule has 0 atom stereocenters. The molecule has 0 aliphatic rings. The normalized spacial score (nSPS) is 9.50. The Morgan fingerprint density at radius 3 is 2.75 bits per heavy atom. The Balaban J connectivity index is 3.33. The van der Waals surface area contributed by atoms with Gasteiger partial charge in [-0.15, -0.1) is 0 Å². The monoisotopic (exact) mass is 169 g/mol. The average Bonchev–Trinajstić information content (AvgIpc) is 2.03. The molecule has 0 bridgehead atoms. The lowest BCUT2D eigenvalue weighted by molar-refractivity contribution is 0.112. The van der Waals surface area contributed by atoms with Crippen LogP contribution < -0.4 is 10.5 Å². The minimum atomic E-state index is -0.625. The summed E-state index contributed by atoms with van der Waals surface area (Å²) in [5.74, 6) is -0.696. The highest BCUT2D eigenvalue weighted by Crippen LogP contribution is 2.23. The molecule has 1 rings (SSSR count). The van der Waals surface area contributed by atoms with Gasteiger partial charge in [0.1, 0.15) is 0 Å². The third-order valence-corrected chi connectivity index (χ3v) is 1.43. The summed E-state index contributed by atoms with van der Waals surface area (Å²) in [4.78, 5) is 10.4. The van der Waals surface area contributed by atoms with Crippen molar-refractivity contribution in [2.75, 3.05) is 12.8 Å². The number of ether oxygens (including phenoxy) is 1. The van der Waals surface area contributed by atoms with Gasteiger partial charge < -0.3 is 10.5 Å². The lowest BCUT2D eigenvalue weighted by Gasteiger charge is -2.04. The Morgan fingerprint density at radius 2 is 2.25 bits per heavy atom. The maximum Gasteiger partial charge on any atom is 0.167 e. The lowest BCUT2D eigenvalue weighted by Crippen LogP contribution is -1.97. The van der Waals surface area contributed by atoms with Crippen molar-refractivity contribution in [3.05, 3.63) is 23.5 Å². The number of benzene rings is 1. The highest BCUT2D eigenvalue weighted by molar-refractivity contribution is 5.81. The quantitative estimate of drug-likeness (QED) is 0.535. The highest BCUT2D eigenvalue weighted by atomic mass is 19.1. The second-order valence-corrected chi connectivity index (χ2v) is 2.24. The molecule has 1 aromatic rings. The highest BCUT2D eigenvalue weighted by Gasteiger charge is 2.09. The molecule has 0 amide bonds. The zero-order valence-electron chi connectivity index (χ0n) is 6.50. The van der Waals surface area contributed by atoms with Crippen LogP contribution in [0.5, 0.6) is 5.75 Å². The molecule has 3 nitrogen and oxygen atoms in total. The number of nitrogen functional groups attached to an aromatic ring is 1. The van der Waals surface area contributed by atoms with E-state index in [2.05, 4.69) is 4.74 Å². The van der Waals surface area contributed by atoms with Crippen LogP contribution in [0, 0.1) is 5.82 Å². The van der Waals surface area contributed by atoms with Crippen molar-refractivity contribution in [2.24, 2.45) is 0 Å². The molecule has 64 valence electrons. The van der Waals surface area contributed by atoms with Crippen LogP contribution in [0.2, 0.25) is 0 Å². The Hall–Kier alpha value is -1.58. The van der Waals surface area contributed by atoms with Crippen LogP contribution in [-0.4, -0.2) is 13.4 Å². The number of hydrogen-bond acceptors (Lipinski definition) is 3. The zero-order valence-corrected chi connectivity index (χ0v) is 6.50. The van der Waals surface area contributed by atoms with Crippen molar-refractivity contribution >= 4 is 12.0 Å². The van der Waals surface area contributed by atoms with Crippen LogP contribution in [0.4, 0.5) is 10.1 Å². The summed E-state index contributed by atoms with van der Waals surface area (Å²) in [7, 11) is 1.29. The van der Waals surface area contributed by atoms with Crippen LogP contribution in [0.25, 0.3) is 0 Å². The van der Waals surface area contributed by atoms with Crippen LogP contribution in [-0.2, 0) is 0 Å². The van der Waals surface area contributed by atoms with Gasteiger partial charge in [0.25, 0.3) is 0 Å². The number of rotatable bonds is 2. The molecule has 0 spiro atoms. The van der Waals surface area contributed by atoms with E-state index in [1.807, 2.05) is 0 Å². The van der Waals surface area contributed by atoms with E-state index in [4.69, 9.17) is 5.73 Å². The van der Waals surface area contributed by atoms with Crippen molar-refractivity contribution in [3.63, 3.8) is 0 Å². The van der Waals surface area contributed by atoms with E-state index in [1.165, 1.54) is 13.2 Å². The van der Waals surface area contributed by atoms with Gasteiger partial charge in [0, 0.05) is 11.8 Å². The Bertz CT molecular complexity index is 312. The van der Waals surface area contributed by atoms with Crippen molar-refractivity contribution in [1.82, 2.24) is 0 Å². The number of carbonyl (C=O) groups excluding carboxylic acids is 1. The standard InChI is InChI=1S/C8H8FNO2/c1-12-8-5(4-11)2-6(10)3-7(8)9/h2-4H,10H2,1H3. The molecule has 0 unspecified atom stereocenters. The SMILES string of the molecule is COc1c(F)cc(N)cc1C=O. The fraction of sp³-hybridized carbons (Fsp3) is 0.125. The third-order valence-electron chi connectivity index (χ3n) is 1.43. The first kappa shape index (κ1) is 8.52. The summed E-state index contributed by atoms with van der Waals surface area (Å²) in [6.07, 6.45) is 0.498. The van der Waals surface area contributed by atoms with Gasteiger partial charge in [0.2, 0.25) is 0 Å². The Morgan fingerprint density at radius 1 is 1.58 bits per heavy atom. The van der Waals surface area contributed by atoms with Gasteiger partial charge in [-0.3, -0.25) is 4.79 Å². The van der Waals surface area contributed by atoms with Crippen LogP contribution in [0.15, 0.2) is 12.1 Å². The number of anilines is 1. The minimum Gasteiger partial charge on any atom is -0.493 e. The predicted molar refractivity (Wildman–Crippen MR) is 42.8 cm³/mol. The topological polar surface area (TPSA) is 52.3 Å². The van der Waals surface area contributed by atoms with Gasteiger partial charge in [-0.1, -0.05) is 0 Å². The predicted octanol–water partition coefficient (Wildman–Crippen LogP) is 1.23. The number of hydrogen-bond donors (Lipinski definition) is 1. The largest absolute Gasteiger partial charge is 0.493 e. The van der Waals surface area contributed by atoms with Crippen LogP contribution in [0.3, 0.4) is 0 Å². The van der Waals surface area contributed by atoms with E-state index in [-0.39, 0.29) is 17.0 Å². The van der Waals surface area contributed by atoms with E-state index in [0.717, 1.165) is 6.07 Å². The maximum atomic E-state index is 12.9. The molecule has 0 aromatic heterocycles. The molecule has 1 aromatic carbocycles. The summed E-state index contributed by atoms with van der Waals surface area (Å²) < 4.78 is 17.6. The zero-order chi connectivity index (χ0) is 9.14. The smallest absolute Gasteiger partial charge is 0.167 e. The molecule has 0 fully saturated rings. The van der Waals surface area contributed by atoms with Crippen LogP contribution in [0.1, 0.15) is 10.4 Å². The molecule has 12 heavy (non-hydrogen) atoms. The molecule has 0 heterocycles. The first-order valence-corrected chi connectivity index (χ1v) is 3.27. The number of methoxy groups -OCH3 is 1. The summed E-state index contributed by atoms with van der Waals surface area (Å²) in [5, 5.41) is 0. The van der Waals surface area contributed by atoms with Crippen molar-refractivity contribution in [2.45, 2.75) is 0 Å².